The number of benzene rings is 2. The molecule has 0 atom stereocenters. The third-order valence-electron chi connectivity index (χ3n) is 2.72. The number of rotatable bonds is 5. The highest BCUT2D eigenvalue weighted by Gasteiger charge is 2.06. The molecule has 0 unspecified atom stereocenters. The first-order chi connectivity index (χ1) is 10.1. The number of nitrogens with one attached hydrogen (secondary N) is 2. The van der Waals surface area contributed by atoms with Crippen LogP contribution < -0.4 is 15.4 Å². The summed E-state index contributed by atoms with van der Waals surface area (Å²) < 4.78 is 5.10. The molecule has 0 aliphatic carbocycles. The van der Waals surface area contributed by atoms with Gasteiger partial charge < -0.3 is 15.4 Å². The molecule has 110 valence electrons. The zero-order valence-electron chi connectivity index (χ0n) is 11.3. The molecule has 0 aliphatic rings. The lowest BCUT2D eigenvalue weighted by molar-refractivity contribution is -0.114. The smallest absolute Gasteiger partial charge is 0.243 e. The summed E-state index contributed by atoms with van der Waals surface area (Å²) in [4.78, 5) is 11.9. The maximum atomic E-state index is 11.9. The lowest BCUT2D eigenvalue weighted by Crippen LogP contribution is -2.21. The molecule has 0 saturated heterocycles. The molecule has 2 aromatic rings. The predicted octanol–water partition coefficient (Wildman–Crippen LogP) is 4.05. The minimum absolute atomic E-state index is 0.0806. The maximum Gasteiger partial charge on any atom is 0.243 e. The van der Waals surface area contributed by atoms with Gasteiger partial charge in [0.1, 0.15) is 5.75 Å². The molecule has 2 rings (SSSR count). The molecule has 2 aromatic carbocycles. The van der Waals surface area contributed by atoms with Crippen LogP contribution in [0.5, 0.6) is 5.75 Å². The Bertz CT molecular complexity index is 647. The van der Waals surface area contributed by atoms with Gasteiger partial charge in [0.15, 0.2) is 0 Å². The third-order valence-corrected chi connectivity index (χ3v) is 3.29. The Morgan fingerprint density at radius 3 is 2.76 bits per heavy atom. The Labute approximate surface area is 133 Å². The van der Waals surface area contributed by atoms with Crippen LogP contribution in [0.2, 0.25) is 10.0 Å². The fourth-order valence-electron chi connectivity index (χ4n) is 1.71. The summed E-state index contributed by atoms with van der Waals surface area (Å²) >= 11 is 11.9. The van der Waals surface area contributed by atoms with E-state index >= 15 is 0 Å². The molecule has 0 heterocycles. The molecule has 0 fully saturated rings. The second-order valence-electron chi connectivity index (χ2n) is 4.26. The van der Waals surface area contributed by atoms with Crippen LogP contribution >= 0.6 is 23.2 Å². The summed E-state index contributed by atoms with van der Waals surface area (Å²) in [6.07, 6.45) is 0. The van der Waals surface area contributed by atoms with Crippen molar-refractivity contribution in [2.24, 2.45) is 0 Å². The second-order valence-corrected chi connectivity index (χ2v) is 5.10. The van der Waals surface area contributed by atoms with Gasteiger partial charge in [-0.05, 0) is 30.3 Å². The van der Waals surface area contributed by atoms with Gasteiger partial charge in [0, 0.05) is 16.8 Å². The van der Waals surface area contributed by atoms with Gasteiger partial charge in [0.05, 0.1) is 24.4 Å². The van der Waals surface area contributed by atoms with Crippen LogP contribution in [0.1, 0.15) is 0 Å². The standard InChI is InChI=1S/C15H14Cl2N2O2/c1-21-12-4-2-3-11(8-12)19-15(20)9-18-14-7-10(16)5-6-13(14)17/h2-8,18H,9H2,1H3,(H,19,20). The first kappa shape index (κ1) is 15.5. The Balaban J connectivity index is 1.94. The third kappa shape index (κ3) is 4.55. The highest BCUT2D eigenvalue weighted by atomic mass is 35.5. The summed E-state index contributed by atoms with van der Waals surface area (Å²) in [5.41, 5.74) is 1.28. The van der Waals surface area contributed by atoms with Gasteiger partial charge in [0.2, 0.25) is 5.91 Å². The van der Waals surface area contributed by atoms with Gasteiger partial charge in [-0.15, -0.1) is 0 Å². The molecule has 0 aromatic heterocycles. The van der Waals surface area contributed by atoms with Crippen molar-refractivity contribution in [1.29, 1.82) is 0 Å². The second kappa shape index (κ2) is 7.20. The van der Waals surface area contributed by atoms with Gasteiger partial charge >= 0.3 is 0 Å². The number of methoxy groups -OCH3 is 1. The number of carbonyl (C=O) groups is 1. The molecule has 2 N–H and O–H groups in total. The first-order valence-corrected chi connectivity index (χ1v) is 6.97. The van der Waals surface area contributed by atoms with Crippen LogP contribution in [-0.4, -0.2) is 19.6 Å². The molecule has 0 bridgehead atoms. The zero-order valence-corrected chi connectivity index (χ0v) is 12.8. The molecule has 1 amide bonds. The van der Waals surface area contributed by atoms with E-state index in [-0.39, 0.29) is 12.5 Å². The van der Waals surface area contributed by atoms with E-state index in [4.69, 9.17) is 27.9 Å². The van der Waals surface area contributed by atoms with E-state index in [1.54, 1.807) is 49.6 Å². The molecule has 0 aliphatic heterocycles. The fourth-order valence-corrected chi connectivity index (χ4v) is 2.07. The number of ether oxygens (including phenoxy) is 1. The topological polar surface area (TPSA) is 50.4 Å². The van der Waals surface area contributed by atoms with Gasteiger partial charge in [-0.3, -0.25) is 4.79 Å². The van der Waals surface area contributed by atoms with E-state index in [1.165, 1.54) is 0 Å². The number of hydrogen-bond donors (Lipinski definition) is 2. The van der Waals surface area contributed by atoms with Crippen molar-refractivity contribution in [3.63, 3.8) is 0 Å². The SMILES string of the molecule is COc1cccc(NC(=O)CNc2cc(Cl)ccc2Cl)c1. The van der Waals surface area contributed by atoms with Crippen molar-refractivity contribution in [3.8, 4) is 5.75 Å². The van der Waals surface area contributed by atoms with Crippen molar-refractivity contribution in [3.05, 3.63) is 52.5 Å². The monoisotopic (exact) mass is 324 g/mol. The highest BCUT2D eigenvalue weighted by Crippen LogP contribution is 2.25. The van der Waals surface area contributed by atoms with Crippen molar-refractivity contribution in [1.82, 2.24) is 0 Å². The lowest BCUT2D eigenvalue weighted by atomic mass is 10.3. The maximum absolute atomic E-state index is 11.9. The van der Waals surface area contributed by atoms with Crippen LogP contribution in [-0.2, 0) is 4.79 Å². The summed E-state index contributed by atoms with van der Waals surface area (Å²) in [5.74, 6) is 0.484. The van der Waals surface area contributed by atoms with E-state index in [2.05, 4.69) is 10.6 Å². The van der Waals surface area contributed by atoms with Gasteiger partial charge in [-0.25, -0.2) is 0 Å². The highest BCUT2D eigenvalue weighted by molar-refractivity contribution is 6.35. The number of hydrogen-bond acceptors (Lipinski definition) is 3. The molecule has 6 heteroatoms. The van der Waals surface area contributed by atoms with Crippen LogP contribution in [0.15, 0.2) is 42.5 Å². The molecular formula is C15H14Cl2N2O2. The van der Waals surface area contributed by atoms with Crippen LogP contribution in [0.3, 0.4) is 0 Å². The van der Waals surface area contributed by atoms with Gasteiger partial charge in [-0.2, -0.15) is 0 Å². The summed E-state index contributed by atoms with van der Waals surface area (Å²) in [7, 11) is 1.57. The molecule has 21 heavy (non-hydrogen) atoms. The quantitative estimate of drug-likeness (QED) is 0.872. The Kier molecular flexibility index (Phi) is 5.31. The van der Waals surface area contributed by atoms with Crippen molar-refractivity contribution < 1.29 is 9.53 Å². The van der Waals surface area contributed by atoms with Gasteiger partial charge in [0.25, 0.3) is 0 Å². The van der Waals surface area contributed by atoms with Crippen molar-refractivity contribution in [2.45, 2.75) is 0 Å². The van der Waals surface area contributed by atoms with Crippen molar-refractivity contribution in [2.75, 3.05) is 24.3 Å². The molecule has 4 nitrogen and oxygen atoms in total. The van der Waals surface area contributed by atoms with Gasteiger partial charge in [-0.1, -0.05) is 29.3 Å². The molecule has 0 saturated carbocycles. The number of carbonyl (C=O) groups excluding carboxylic acids is 1. The summed E-state index contributed by atoms with van der Waals surface area (Å²) in [6, 6.07) is 12.2. The van der Waals surface area contributed by atoms with E-state index in [0.717, 1.165) is 0 Å². The fraction of sp³-hybridized carbons (Fsp3) is 0.133. The minimum atomic E-state index is -0.195. The average Bonchev–Trinajstić information content (AvgIpc) is 2.48. The van der Waals surface area contributed by atoms with Crippen LogP contribution in [0, 0.1) is 0 Å². The van der Waals surface area contributed by atoms with Crippen molar-refractivity contribution >= 4 is 40.5 Å². The summed E-state index contributed by atoms with van der Waals surface area (Å²) in [6.45, 7) is 0.0806. The molecule has 0 radical (unpaired) electrons. The summed E-state index contributed by atoms with van der Waals surface area (Å²) in [5, 5.41) is 6.77. The van der Waals surface area contributed by atoms with E-state index in [9.17, 15) is 4.79 Å². The van der Waals surface area contributed by atoms with Crippen LogP contribution in [0.25, 0.3) is 0 Å². The first-order valence-electron chi connectivity index (χ1n) is 6.21. The molecule has 0 spiro atoms. The predicted molar refractivity (Wildman–Crippen MR) is 86.6 cm³/mol. The van der Waals surface area contributed by atoms with Crippen LogP contribution in [0.4, 0.5) is 11.4 Å². The Hall–Kier alpha value is -1.91. The Morgan fingerprint density at radius 2 is 2.00 bits per heavy atom. The number of amides is 1. The van der Waals surface area contributed by atoms with E-state index in [1.807, 2.05) is 0 Å². The lowest BCUT2D eigenvalue weighted by Gasteiger charge is -2.10. The largest absolute Gasteiger partial charge is 0.497 e. The minimum Gasteiger partial charge on any atom is -0.497 e. The Morgan fingerprint density at radius 1 is 1.19 bits per heavy atom. The normalized spacial score (nSPS) is 10.0. The average molecular weight is 325 g/mol. The number of anilines is 2. The molecular weight excluding hydrogens is 311 g/mol. The number of halogens is 2. The zero-order chi connectivity index (χ0) is 15.2. The van der Waals surface area contributed by atoms with E-state index < -0.39 is 0 Å². The van der Waals surface area contributed by atoms with E-state index in [0.29, 0.717) is 27.2 Å².